The van der Waals surface area contributed by atoms with E-state index in [-0.39, 0.29) is 12.5 Å². The Hall–Kier alpha value is -1.62. The van der Waals surface area contributed by atoms with E-state index in [0.29, 0.717) is 11.3 Å². The maximum atomic E-state index is 13.2. The minimum Gasteiger partial charge on any atom is -0.490 e. The molecule has 0 aromatic heterocycles. The molecule has 0 bridgehead atoms. The molecule has 4 nitrogen and oxygen atoms in total. The first-order valence-corrected chi connectivity index (χ1v) is 5.99. The fourth-order valence-electron chi connectivity index (χ4n) is 1.81. The van der Waals surface area contributed by atoms with Gasteiger partial charge in [-0.25, -0.2) is 4.39 Å². The molecule has 1 saturated carbocycles. The van der Waals surface area contributed by atoms with E-state index in [9.17, 15) is 9.18 Å². The molecule has 0 aliphatic heterocycles. The van der Waals surface area contributed by atoms with Crippen LogP contribution in [0, 0.1) is 5.82 Å². The van der Waals surface area contributed by atoms with Gasteiger partial charge in [0, 0.05) is 6.42 Å². The second-order valence-electron chi connectivity index (χ2n) is 4.57. The van der Waals surface area contributed by atoms with Crippen molar-refractivity contribution in [1.29, 1.82) is 0 Å². The van der Waals surface area contributed by atoms with Crippen molar-refractivity contribution in [2.24, 2.45) is 5.73 Å². The van der Waals surface area contributed by atoms with Gasteiger partial charge in [-0.1, -0.05) is 0 Å². The maximum absolute atomic E-state index is 13.2. The minimum atomic E-state index is -1.10. The summed E-state index contributed by atoms with van der Waals surface area (Å²) in [6.45, 7) is 0. The van der Waals surface area contributed by atoms with E-state index in [2.05, 4.69) is 0 Å². The fraction of sp³-hybridized carbons (Fsp3) is 0.462. The summed E-state index contributed by atoms with van der Waals surface area (Å²) in [6, 6.07) is 3.09. The van der Waals surface area contributed by atoms with E-state index in [0.717, 1.165) is 19.3 Å². The van der Waals surface area contributed by atoms with Crippen molar-refractivity contribution in [3.63, 3.8) is 0 Å². The molecule has 1 fully saturated rings. The van der Waals surface area contributed by atoms with Crippen LogP contribution in [0.2, 0.25) is 0 Å². The molecule has 18 heavy (non-hydrogen) atoms. The van der Waals surface area contributed by atoms with E-state index < -0.39 is 17.8 Å². The number of carbonyl (C=O) groups is 1. The van der Waals surface area contributed by atoms with Crippen LogP contribution in [0.3, 0.4) is 0 Å². The largest absolute Gasteiger partial charge is 0.490 e. The maximum Gasteiger partial charge on any atom is 0.320 e. The van der Waals surface area contributed by atoms with Gasteiger partial charge in [0.1, 0.15) is 17.6 Å². The lowest BCUT2D eigenvalue weighted by molar-refractivity contribution is -0.138. The van der Waals surface area contributed by atoms with Crippen molar-refractivity contribution in [3.8, 4) is 5.75 Å². The molecule has 0 saturated heterocycles. The van der Waals surface area contributed by atoms with Crippen molar-refractivity contribution >= 4 is 5.97 Å². The average Bonchev–Trinajstić information content (AvgIpc) is 2.25. The number of carboxylic acids is 1. The van der Waals surface area contributed by atoms with Crippen molar-refractivity contribution in [1.82, 2.24) is 0 Å². The van der Waals surface area contributed by atoms with Crippen molar-refractivity contribution < 1.29 is 19.0 Å². The summed E-state index contributed by atoms with van der Waals surface area (Å²) in [5.41, 5.74) is 5.98. The second-order valence-corrected chi connectivity index (χ2v) is 4.57. The smallest absolute Gasteiger partial charge is 0.320 e. The number of nitrogens with two attached hydrogens (primary N) is 1. The third-order valence-electron chi connectivity index (χ3n) is 3.13. The van der Waals surface area contributed by atoms with Gasteiger partial charge < -0.3 is 15.6 Å². The third-order valence-corrected chi connectivity index (χ3v) is 3.13. The Bertz CT molecular complexity index is 446. The zero-order chi connectivity index (χ0) is 13.1. The van der Waals surface area contributed by atoms with Crippen LogP contribution in [0.15, 0.2) is 18.2 Å². The SMILES string of the molecule is NC(Cc1cc(F)ccc1OC1CCC1)C(=O)O. The molecule has 0 spiro atoms. The summed E-state index contributed by atoms with van der Waals surface area (Å²) >= 11 is 0. The van der Waals surface area contributed by atoms with Crippen molar-refractivity contribution in [2.75, 3.05) is 0 Å². The Morgan fingerprint density at radius 3 is 2.83 bits per heavy atom. The third kappa shape index (κ3) is 2.98. The van der Waals surface area contributed by atoms with Crippen LogP contribution in [0.4, 0.5) is 4.39 Å². The number of rotatable bonds is 5. The first kappa shape index (κ1) is 12.8. The van der Waals surface area contributed by atoms with Crippen LogP contribution >= 0.6 is 0 Å². The molecule has 1 aliphatic carbocycles. The minimum absolute atomic E-state index is 0.0646. The van der Waals surface area contributed by atoms with E-state index in [1.165, 1.54) is 18.2 Å². The monoisotopic (exact) mass is 253 g/mol. The molecule has 0 heterocycles. The van der Waals surface area contributed by atoms with Crippen LogP contribution in [0.25, 0.3) is 0 Å². The summed E-state index contributed by atoms with van der Waals surface area (Å²) in [4.78, 5) is 10.7. The molecule has 5 heteroatoms. The number of carboxylic acid groups (broad SMARTS) is 1. The van der Waals surface area contributed by atoms with Crippen LogP contribution in [-0.2, 0) is 11.2 Å². The van der Waals surface area contributed by atoms with Crippen LogP contribution in [0.5, 0.6) is 5.75 Å². The van der Waals surface area contributed by atoms with Gasteiger partial charge in [-0.05, 0) is 43.0 Å². The number of ether oxygens (including phenoxy) is 1. The zero-order valence-corrected chi connectivity index (χ0v) is 9.93. The molecule has 1 atom stereocenters. The summed E-state index contributed by atoms with van der Waals surface area (Å²) in [7, 11) is 0. The standard InChI is InChI=1S/C13H16FNO3/c14-9-4-5-12(18-10-2-1-3-10)8(6-9)7-11(15)13(16)17/h4-6,10-11H,1-3,7,15H2,(H,16,17). The van der Waals surface area contributed by atoms with E-state index in [4.69, 9.17) is 15.6 Å². The topological polar surface area (TPSA) is 72.5 Å². The Labute approximate surface area is 105 Å². The van der Waals surface area contributed by atoms with Gasteiger partial charge >= 0.3 is 5.97 Å². The van der Waals surface area contributed by atoms with E-state index in [1.807, 2.05) is 0 Å². The lowest BCUT2D eigenvalue weighted by atomic mass is 9.96. The highest BCUT2D eigenvalue weighted by Crippen LogP contribution is 2.28. The summed E-state index contributed by atoms with van der Waals surface area (Å²) in [6.07, 6.45) is 3.34. The Balaban J connectivity index is 2.14. The Kier molecular flexibility index (Phi) is 3.81. The zero-order valence-electron chi connectivity index (χ0n) is 9.93. The quantitative estimate of drug-likeness (QED) is 0.838. The lowest BCUT2D eigenvalue weighted by Crippen LogP contribution is -2.33. The highest BCUT2D eigenvalue weighted by Gasteiger charge is 2.22. The molecule has 2 rings (SSSR count). The molecule has 1 aromatic rings. The molecule has 0 amide bonds. The van der Waals surface area contributed by atoms with Crippen molar-refractivity contribution in [2.45, 2.75) is 37.8 Å². The van der Waals surface area contributed by atoms with E-state index in [1.54, 1.807) is 0 Å². The second kappa shape index (κ2) is 5.35. The van der Waals surface area contributed by atoms with Gasteiger partial charge in [-0.2, -0.15) is 0 Å². The predicted octanol–water partition coefficient (Wildman–Crippen LogP) is 1.71. The molecule has 98 valence electrons. The summed E-state index contributed by atoms with van der Waals surface area (Å²) < 4.78 is 18.9. The number of halogens is 1. The first-order valence-electron chi connectivity index (χ1n) is 5.99. The van der Waals surface area contributed by atoms with Gasteiger partial charge in [0.2, 0.25) is 0 Å². The van der Waals surface area contributed by atoms with Gasteiger partial charge in [-0.3, -0.25) is 4.79 Å². The van der Waals surface area contributed by atoms with Crippen molar-refractivity contribution in [3.05, 3.63) is 29.6 Å². The predicted molar refractivity (Wildman–Crippen MR) is 64.0 cm³/mol. The molecule has 1 aliphatic rings. The lowest BCUT2D eigenvalue weighted by Gasteiger charge is -2.27. The van der Waals surface area contributed by atoms with Crippen LogP contribution in [-0.4, -0.2) is 23.2 Å². The fourth-order valence-corrected chi connectivity index (χ4v) is 1.81. The highest BCUT2D eigenvalue weighted by atomic mass is 19.1. The Morgan fingerprint density at radius 2 is 2.28 bits per heavy atom. The van der Waals surface area contributed by atoms with Gasteiger partial charge in [-0.15, -0.1) is 0 Å². The number of aliphatic carboxylic acids is 1. The van der Waals surface area contributed by atoms with Gasteiger partial charge in [0.05, 0.1) is 6.10 Å². The first-order chi connectivity index (χ1) is 8.56. The number of hydrogen-bond acceptors (Lipinski definition) is 3. The van der Waals surface area contributed by atoms with Gasteiger partial charge in [0.25, 0.3) is 0 Å². The molecular weight excluding hydrogens is 237 g/mol. The highest BCUT2D eigenvalue weighted by molar-refractivity contribution is 5.73. The number of hydrogen-bond donors (Lipinski definition) is 2. The van der Waals surface area contributed by atoms with E-state index >= 15 is 0 Å². The summed E-state index contributed by atoms with van der Waals surface area (Å²) in [5, 5.41) is 8.78. The molecule has 3 N–H and O–H groups in total. The normalized spacial score (nSPS) is 17.0. The van der Waals surface area contributed by atoms with Gasteiger partial charge in [0.15, 0.2) is 0 Å². The average molecular weight is 253 g/mol. The summed E-state index contributed by atoms with van der Waals surface area (Å²) in [5.74, 6) is -0.977. The van der Waals surface area contributed by atoms with Crippen LogP contribution in [0.1, 0.15) is 24.8 Å². The number of benzene rings is 1. The molecule has 0 radical (unpaired) electrons. The molecule has 1 aromatic carbocycles. The molecular formula is C13H16FNO3. The molecule has 1 unspecified atom stereocenters. The Morgan fingerprint density at radius 1 is 1.56 bits per heavy atom. The van der Waals surface area contributed by atoms with Crippen LogP contribution < -0.4 is 10.5 Å².